The second-order valence-corrected chi connectivity index (χ2v) is 9.39. The standard InChI is InChI=1S/C29H31NO4/c1-18(30(3)22-9-10-22)17-33-25-12-7-20(8-13-25)29-28(21-5-4-6-23(31)15-21)19(2)26-16-24(32)11-14-27(26)34-29/h4-8,11-16,18,22,29,31-32H,9-10,17H2,1-3H3. The molecule has 176 valence electrons. The molecule has 2 N–H and O–H groups in total. The van der Waals surface area contributed by atoms with Crippen LogP contribution < -0.4 is 9.47 Å². The summed E-state index contributed by atoms with van der Waals surface area (Å²) in [6, 6.07) is 21.5. The quantitative estimate of drug-likeness (QED) is 0.454. The van der Waals surface area contributed by atoms with E-state index in [0.717, 1.165) is 39.3 Å². The van der Waals surface area contributed by atoms with Crippen LogP contribution in [-0.2, 0) is 0 Å². The van der Waals surface area contributed by atoms with Gasteiger partial charge in [0, 0.05) is 23.2 Å². The van der Waals surface area contributed by atoms with Gasteiger partial charge in [-0.2, -0.15) is 0 Å². The summed E-state index contributed by atoms with van der Waals surface area (Å²) < 4.78 is 12.5. The number of aromatic hydroxyl groups is 2. The molecule has 0 saturated heterocycles. The number of fused-ring (bicyclic) bond motifs is 1. The van der Waals surface area contributed by atoms with Crippen molar-refractivity contribution in [2.45, 2.75) is 44.9 Å². The number of phenolic OH excluding ortho intramolecular Hbond substituents is 2. The van der Waals surface area contributed by atoms with Gasteiger partial charge in [0.1, 0.15) is 35.7 Å². The van der Waals surface area contributed by atoms with E-state index in [-0.39, 0.29) is 17.6 Å². The number of ether oxygens (including phenoxy) is 2. The fraction of sp³-hybridized carbons (Fsp3) is 0.310. The van der Waals surface area contributed by atoms with Crippen LogP contribution in [0.3, 0.4) is 0 Å². The Balaban J connectivity index is 1.43. The minimum absolute atomic E-state index is 0.193. The zero-order chi connectivity index (χ0) is 23.8. The largest absolute Gasteiger partial charge is 0.508 e. The molecule has 1 aliphatic carbocycles. The van der Waals surface area contributed by atoms with Crippen molar-refractivity contribution in [1.82, 2.24) is 4.90 Å². The molecule has 2 atom stereocenters. The average Bonchev–Trinajstić information content (AvgIpc) is 3.68. The molecule has 5 nitrogen and oxygen atoms in total. The second-order valence-electron chi connectivity index (χ2n) is 9.39. The molecule has 3 aromatic carbocycles. The first-order chi connectivity index (χ1) is 16.4. The molecule has 5 heteroatoms. The molecule has 1 fully saturated rings. The first kappa shape index (κ1) is 22.4. The van der Waals surface area contributed by atoms with Gasteiger partial charge >= 0.3 is 0 Å². The Bertz CT molecular complexity index is 1210. The van der Waals surface area contributed by atoms with Crippen molar-refractivity contribution in [3.63, 3.8) is 0 Å². The monoisotopic (exact) mass is 457 g/mol. The van der Waals surface area contributed by atoms with Crippen LogP contribution in [0, 0.1) is 0 Å². The van der Waals surface area contributed by atoms with Crippen molar-refractivity contribution in [2.75, 3.05) is 13.7 Å². The number of likely N-dealkylation sites (N-methyl/N-ethyl adjacent to an activating group) is 1. The average molecular weight is 458 g/mol. The maximum atomic E-state index is 10.1. The normalized spacial score (nSPS) is 18.4. The van der Waals surface area contributed by atoms with Gasteiger partial charge in [-0.05, 0) is 92.9 Å². The molecule has 0 radical (unpaired) electrons. The highest BCUT2D eigenvalue weighted by atomic mass is 16.5. The molecule has 5 rings (SSSR count). The zero-order valence-corrected chi connectivity index (χ0v) is 19.9. The van der Waals surface area contributed by atoms with Crippen molar-refractivity contribution < 1.29 is 19.7 Å². The fourth-order valence-electron chi connectivity index (χ4n) is 4.63. The van der Waals surface area contributed by atoms with Gasteiger partial charge in [-0.15, -0.1) is 0 Å². The number of hydrogen-bond donors (Lipinski definition) is 2. The van der Waals surface area contributed by atoms with E-state index >= 15 is 0 Å². The van der Waals surface area contributed by atoms with Crippen molar-refractivity contribution in [2.24, 2.45) is 0 Å². The van der Waals surface area contributed by atoms with Crippen LogP contribution in [-0.4, -0.2) is 40.9 Å². The summed E-state index contributed by atoms with van der Waals surface area (Å²) in [6.07, 6.45) is 2.22. The van der Waals surface area contributed by atoms with Crippen LogP contribution >= 0.6 is 0 Å². The number of hydrogen-bond acceptors (Lipinski definition) is 5. The van der Waals surface area contributed by atoms with Gasteiger partial charge in [-0.1, -0.05) is 24.3 Å². The SMILES string of the molecule is CC1=C(c2cccc(O)c2)C(c2ccc(OCC(C)N(C)C3CC3)cc2)Oc2ccc(O)cc21. The molecule has 0 amide bonds. The van der Waals surface area contributed by atoms with E-state index in [1.54, 1.807) is 30.3 Å². The summed E-state index contributed by atoms with van der Waals surface area (Å²) in [6.45, 7) is 4.88. The number of benzene rings is 3. The van der Waals surface area contributed by atoms with Gasteiger partial charge in [0.05, 0.1) is 0 Å². The van der Waals surface area contributed by atoms with Crippen molar-refractivity contribution in [1.29, 1.82) is 0 Å². The highest BCUT2D eigenvalue weighted by molar-refractivity contribution is 5.95. The first-order valence-corrected chi connectivity index (χ1v) is 11.9. The maximum Gasteiger partial charge on any atom is 0.150 e. The van der Waals surface area contributed by atoms with E-state index in [1.165, 1.54) is 12.8 Å². The Kier molecular flexibility index (Phi) is 5.96. The van der Waals surface area contributed by atoms with E-state index in [1.807, 2.05) is 43.3 Å². The molecular weight excluding hydrogens is 426 g/mol. The summed E-state index contributed by atoms with van der Waals surface area (Å²) >= 11 is 0. The second kappa shape index (κ2) is 9.07. The zero-order valence-electron chi connectivity index (χ0n) is 19.9. The van der Waals surface area contributed by atoms with Gasteiger partial charge in [0.2, 0.25) is 0 Å². The predicted octanol–water partition coefficient (Wildman–Crippen LogP) is 6.02. The Hall–Kier alpha value is -3.44. The van der Waals surface area contributed by atoms with E-state index < -0.39 is 0 Å². The van der Waals surface area contributed by atoms with Gasteiger partial charge in [0.15, 0.2) is 0 Å². The van der Waals surface area contributed by atoms with Gasteiger partial charge in [0.25, 0.3) is 0 Å². The third-order valence-electron chi connectivity index (χ3n) is 6.93. The lowest BCUT2D eigenvalue weighted by Gasteiger charge is -2.31. The molecule has 3 aromatic rings. The summed E-state index contributed by atoms with van der Waals surface area (Å²) in [5.74, 6) is 1.95. The first-order valence-electron chi connectivity index (χ1n) is 11.9. The van der Waals surface area contributed by atoms with Gasteiger partial charge in [-0.3, -0.25) is 4.90 Å². The lowest BCUT2D eigenvalue weighted by Crippen LogP contribution is -2.35. The van der Waals surface area contributed by atoms with Crippen LogP contribution in [0.1, 0.15) is 49.5 Å². The molecule has 2 unspecified atom stereocenters. The molecule has 1 saturated carbocycles. The molecule has 1 heterocycles. The smallest absolute Gasteiger partial charge is 0.150 e. The molecular formula is C29H31NO4. The van der Waals surface area contributed by atoms with E-state index in [2.05, 4.69) is 18.9 Å². The van der Waals surface area contributed by atoms with Crippen molar-refractivity contribution in [3.8, 4) is 23.0 Å². The number of phenols is 2. The summed E-state index contributed by atoms with van der Waals surface area (Å²) in [7, 11) is 2.17. The molecule has 0 aromatic heterocycles. The summed E-state index contributed by atoms with van der Waals surface area (Å²) in [5, 5.41) is 20.2. The molecule has 34 heavy (non-hydrogen) atoms. The Morgan fingerprint density at radius 1 is 1.00 bits per heavy atom. The van der Waals surface area contributed by atoms with Crippen LogP contribution in [0.4, 0.5) is 0 Å². The highest BCUT2D eigenvalue weighted by Crippen LogP contribution is 2.47. The predicted molar refractivity (Wildman–Crippen MR) is 134 cm³/mol. The third kappa shape index (κ3) is 4.48. The fourth-order valence-corrected chi connectivity index (χ4v) is 4.63. The van der Waals surface area contributed by atoms with E-state index in [0.29, 0.717) is 18.7 Å². The Morgan fingerprint density at radius 2 is 1.74 bits per heavy atom. The van der Waals surface area contributed by atoms with E-state index in [4.69, 9.17) is 9.47 Å². The van der Waals surface area contributed by atoms with E-state index in [9.17, 15) is 10.2 Å². The molecule has 1 aliphatic heterocycles. The number of rotatable bonds is 7. The van der Waals surface area contributed by atoms with Crippen LogP contribution in [0.15, 0.2) is 66.7 Å². The number of allylic oxidation sites excluding steroid dienone is 1. The maximum absolute atomic E-state index is 10.1. The van der Waals surface area contributed by atoms with Gasteiger partial charge < -0.3 is 19.7 Å². The molecule has 2 aliphatic rings. The lowest BCUT2D eigenvalue weighted by atomic mass is 9.86. The summed E-state index contributed by atoms with van der Waals surface area (Å²) in [5.41, 5.74) is 4.69. The number of nitrogens with zero attached hydrogens (tertiary/aromatic N) is 1. The van der Waals surface area contributed by atoms with Crippen molar-refractivity contribution >= 4 is 11.1 Å². The Labute approximate surface area is 200 Å². The highest BCUT2D eigenvalue weighted by Gasteiger charge is 2.31. The van der Waals surface area contributed by atoms with Gasteiger partial charge in [-0.25, -0.2) is 0 Å². The minimum atomic E-state index is -0.354. The molecule has 0 spiro atoms. The summed E-state index contributed by atoms with van der Waals surface area (Å²) in [4.78, 5) is 2.40. The van der Waals surface area contributed by atoms with Crippen LogP contribution in [0.5, 0.6) is 23.0 Å². The third-order valence-corrected chi connectivity index (χ3v) is 6.93. The Morgan fingerprint density at radius 3 is 2.44 bits per heavy atom. The minimum Gasteiger partial charge on any atom is -0.508 e. The van der Waals surface area contributed by atoms with Crippen LogP contribution in [0.25, 0.3) is 11.1 Å². The lowest BCUT2D eigenvalue weighted by molar-refractivity contribution is 0.167. The van der Waals surface area contributed by atoms with Crippen molar-refractivity contribution in [3.05, 3.63) is 83.4 Å². The molecule has 0 bridgehead atoms. The van der Waals surface area contributed by atoms with Crippen LogP contribution in [0.2, 0.25) is 0 Å². The topological polar surface area (TPSA) is 62.2 Å².